The molecule has 0 saturated carbocycles. The fourth-order valence-corrected chi connectivity index (χ4v) is 2.49. The van der Waals surface area contributed by atoms with Crippen LogP contribution < -0.4 is 11.1 Å². The molecule has 0 aliphatic carbocycles. The van der Waals surface area contributed by atoms with Gasteiger partial charge in [0.2, 0.25) is 5.91 Å². The average molecular weight is 292 g/mol. The number of rotatable bonds is 4. The molecule has 2 aromatic rings. The molecule has 6 heteroatoms. The van der Waals surface area contributed by atoms with Crippen molar-refractivity contribution in [2.75, 3.05) is 0 Å². The number of thiophene rings is 1. The lowest BCUT2D eigenvalue weighted by molar-refractivity contribution is -0.119. The van der Waals surface area contributed by atoms with Crippen LogP contribution in [0.3, 0.4) is 0 Å². The highest BCUT2D eigenvalue weighted by molar-refractivity contribution is 7.12. The quantitative estimate of drug-likeness (QED) is 0.906. The van der Waals surface area contributed by atoms with E-state index >= 15 is 0 Å². The minimum atomic E-state index is -0.745. The highest BCUT2D eigenvalue weighted by atomic mass is 32.1. The molecule has 4 nitrogen and oxygen atoms in total. The molecule has 1 aromatic carbocycles. The first-order valence-electron chi connectivity index (χ1n) is 5.92. The van der Waals surface area contributed by atoms with Gasteiger partial charge in [0.25, 0.3) is 5.91 Å². The summed E-state index contributed by atoms with van der Waals surface area (Å²) in [6.07, 6.45) is 0. The maximum Gasteiger partial charge on any atom is 0.262 e. The minimum absolute atomic E-state index is 0.336. The third-order valence-electron chi connectivity index (χ3n) is 2.80. The van der Waals surface area contributed by atoms with E-state index in [1.165, 1.54) is 30.4 Å². The number of primary amides is 1. The Hall–Kier alpha value is -2.21. The molecular weight excluding hydrogens is 279 g/mol. The van der Waals surface area contributed by atoms with Crippen LogP contribution >= 0.6 is 11.3 Å². The summed E-state index contributed by atoms with van der Waals surface area (Å²) in [6, 6.07) is 6.91. The Morgan fingerprint density at radius 1 is 1.25 bits per heavy atom. The predicted octanol–water partition coefficient (Wildman–Crippen LogP) is 2.16. The summed E-state index contributed by atoms with van der Waals surface area (Å²) < 4.78 is 12.9. The monoisotopic (exact) mass is 292 g/mol. The summed E-state index contributed by atoms with van der Waals surface area (Å²) in [5, 5.41) is 4.29. The molecule has 0 aliphatic rings. The smallest absolute Gasteiger partial charge is 0.262 e. The molecule has 0 bridgehead atoms. The number of hydrogen-bond acceptors (Lipinski definition) is 3. The highest BCUT2D eigenvalue weighted by Crippen LogP contribution is 2.28. The Morgan fingerprint density at radius 3 is 2.50 bits per heavy atom. The van der Waals surface area contributed by atoms with E-state index in [0.29, 0.717) is 10.4 Å². The molecule has 0 radical (unpaired) electrons. The van der Waals surface area contributed by atoms with Gasteiger partial charge >= 0.3 is 0 Å². The Labute approximate surface area is 119 Å². The molecule has 1 heterocycles. The molecule has 3 N–H and O–H groups in total. The summed E-state index contributed by atoms with van der Waals surface area (Å²) in [6.45, 7) is 1.52. The van der Waals surface area contributed by atoms with E-state index < -0.39 is 11.9 Å². The van der Waals surface area contributed by atoms with E-state index in [9.17, 15) is 14.0 Å². The second-order valence-electron chi connectivity index (χ2n) is 4.27. The van der Waals surface area contributed by atoms with Gasteiger partial charge in [-0.1, -0.05) is 12.1 Å². The lowest BCUT2D eigenvalue weighted by atomic mass is 10.1. The summed E-state index contributed by atoms with van der Waals surface area (Å²) >= 11 is 1.25. The molecule has 1 aromatic heterocycles. The van der Waals surface area contributed by atoms with Crippen LogP contribution in [0.1, 0.15) is 16.6 Å². The van der Waals surface area contributed by atoms with Gasteiger partial charge in [0.05, 0.1) is 4.88 Å². The van der Waals surface area contributed by atoms with Gasteiger partial charge in [-0.15, -0.1) is 11.3 Å². The van der Waals surface area contributed by atoms with Crippen molar-refractivity contribution in [1.29, 1.82) is 0 Å². The molecule has 104 valence electrons. The second kappa shape index (κ2) is 5.83. The first kappa shape index (κ1) is 14.2. The number of nitrogens with one attached hydrogen (secondary N) is 1. The van der Waals surface area contributed by atoms with Crippen molar-refractivity contribution in [2.24, 2.45) is 5.73 Å². The van der Waals surface area contributed by atoms with Crippen molar-refractivity contribution in [1.82, 2.24) is 5.32 Å². The van der Waals surface area contributed by atoms with Gasteiger partial charge in [0, 0.05) is 5.56 Å². The average Bonchev–Trinajstić information content (AvgIpc) is 2.88. The van der Waals surface area contributed by atoms with Crippen molar-refractivity contribution in [3.05, 3.63) is 46.4 Å². The number of amides is 2. The van der Waals surface area contributed by atoms with E-state index in [2.05, 4.69) is 5.32 Å². The number of carbonyl (C=O) groups excluding carboxylic acids is 2. The van der Waals surface area contributed by atoms with Gasteiger partial charge in [-0.25, -0.2) is 4.39 Å². The van der Waals surface area contributed by atoms with Crippen molar-refractivity contribution in [3.63, 3.8) is 0 Å². The molecule has 0 fully saturated rings. The highest BCUT2D eigenvalue weighted by Gasteiger charge is 2.18. The van der Waals surface area contributed by atoms with Crippen LogP contribution in [0.25, 0.3) is 11.1 Å². The van der Waals surface area contributed by atoms with E-state index in [4.69, 9.17) is 5.73 Å². The van der Waals surface area contributed by atoms with Crippen molar-refractivity contribution >= 4 is 23.2 Å². The Morgan fingerprint density at radius 2 is 1.90 bits per heavy atom. The molecular formula is C14H13FN2O2S. The van der Waals surface area contributed by atoms with E-state index in [-0.39, 0.29) is 11.7 Å². The van der Waals surface area contributed by atoms with Gasteiger partial charge in [-0.3, -0.25) is 9.59 Å². The van der Waals surface area contributed by atoms with Crippen LogP contribution in [0.2, 0.25) is 0 Å². The SMILES string of the molecule is C[C@@H](NC(=O)c1sccc1-c1ccc(F)cc1)C(N)=O. The zero-order valence-corrected chi connectivity index (χ0v) is 11.5. The number of benzene rings is 1. The lowest BCUT2D eigenvalue weighted by Crippen LogP contribution is -2.42. The third kappa shape index (κ3) is 3.03. The standard InChI is InChI=1S/C14H13FN2O2S/c1-8(13(16)18)17-14(19)12-11(6-7-20-12)9-2-4-10(15)5-3-9/h2-8H,1H3,(H2,16,18)(H,17,19)/t8-/m1/s1. The van der Waals surface area contributed by atoms with Gasteiger partial charge in [0.1, 0.15) is 11.9 Å². The van der Waals surface area contributed by atoms with Gasteiger partial charge in [-0.2, -0.15) is 0 Å². The normalized spacial score (nSPS) is 11.9. The maximum absolute atomic E-state index is 12.9. The number of halogens is 1. The number of hydrogen-bond donors (Lipinski definition) is 2. The van der Waals surface area contributed by atoms with Gasteiger partial charge in [-0.05, 0) is 36.1 Å². The largest absolute Gasteiger partial charge is 0.368 e. The number of nitrogens with two attached hydrogens (primary N) is 1. The van der Waals surface area contributed by atoms with Crippen LogP contribution in [0, 0.1) is 5.82 Å². The fourth-order valence-electron chi connectivity index (χ4n) is 1.68. The van der Waals surface area contributed by atoms with Crippen molar-refractivity contribution in [3.8, 4) is 11.1 Å². The van der Waals surface area contributed by atoms with Crippen LogP contribution in [0.15, 0.2) is 35.7 Å². The zero-order chi connectivity index (χ0) is 14.7. The van der Waals surface area contributed by atoms with Gasteiger partial charge < -0.3 is 11.1 Å². The molecule has 20 heavy (non-hydrogen) atoms. The fraction of sp³-hybridized carbons (Fsp3) is 0.143. The third-order valence-corrected chi connectivity index (χ3v) is 3.71. The predicted molar refractivity (Wildman–Crippen MR) is 75.8 cm³/mol. The minimum Gasteiger partial charge on any atom is -0.368 e. The van der Waals surface area contributed by atoms with Crippen LogP contribution in [0.4, 0.5) is 4.39 Å². The number of carbonyl (C=O) groups is 2. The van der Waals surface area contributed by atoms with Crippen molar-refractivity contribution in [2.45, 2.75) is 13.0 Å². The van der Waals surface area contributed by atoms with E-state index in [0.717, 1.165) is 5.56 Å². The first-order chi connectivity index (χ1) is 9.49. The van der Waals surface area contributed by atoms with Gasteiger partial charge in [0.15, 0.2) is 0 Å². The first-order valence-corrected chi connectivity index (χ1v) is 6.80. The Bertz CT molecular complexity index is 637. The zero-order valence-electron chi connectivity index (χ0n) is 10.7. The topological polar surface area (TPSA) is 72.2 Å². The molecule has 1 atom stereocenters. The van der Waals surface area contributed by atoms with Crippen LogP contribution in [0.5, 0.6) is 0 Å². The van der Waals surface area contributed by atoms with Crippen molar-refractivity contribution < 1.29 is 14.0 Å². The maximum atomic E-state index is 12.9. The molecule has 0 aliphatic heterocycles. The lowest BCUT2D eigenvalue weighted by Gasteiger charge is -2.10. The summed E-state index contributed by atoms with van der Waals surface area (Å²) in [5.74, 6) is -1.30. The Balaban J connectivity index is 2.26. The summed E-state index contributed by atoms with van der Waals surface area (Å²) in [5.41, 5.74) is 6.55. The second-order valence-corrected chi connectivity index (χ2v) is 5.18. The molecule has 0 spiro atoms. The molecule has 2 rings (SSSR count). The van der Waals surface area contributed by atoms with Crippen LogP contribution in [-0.4, -0.2) is 17.9 Å². The van der Waals surface area contributed by atoms with Crippen LogP contribution in [-0.2, 0) is 4.79 Å². The summed E-state index contributed by atoms with van der Waals surface area (Å²) in [7, 11) is 0. The van der Waals surface area contributed by atoms with E-state index in [1.54, 1.807) is 23.6 Å². The molecule has 0 unspecified atom stereocenters. The Kier molecular flexibility index (Phi) is 4.14. The summed E-state index contributed by atoms with van der Waals surface area (Å²) in [4.78, 5) is 23.5. The van der Waals surface area contributed by atoms with E-state index in [1.807, 2.05) is 0 Å². The molecule has 2 amide bonds. The molecule has 0 saturated heterocycles.